The monoisotopic (exact) mass is 332 g/mol. The lowest BCUT2D eigenvalue weighted by Crippen LogP contribution is -2.37. The first-order chi connectivity index (χ1) is 12.2. The molecule has 25 heavy (non-hydrogen) atoms. The maximum Gasteiger partial charge on any atom is 0.236 e. The van der Waals surface area contributed by atoms with Crippen molar-refractivity contribution in [2.24, 2.45) is 0 Å². The minimum absolute atomic E-state index is 0.119. The van der Waals surface area contributed by atoms with Gasteiger partial charge in [-0.2, -0.15) is 0 Å². The molecule has 0 radical (unpaired) electrons. The summed E-state index contributed by atoms with van der Waals surface area (Å²) in [5.74, 6) is 3.44. The number of rotatable bonds is 4. The van der Waals surface area contributed by atoms with Gasteiger partial charge >= 0.3 is 0 Å². The molecule has 0 saturated carbocycles. The second kappa shape index (κ2) is 6.27. The zero-order valence-corrected chi connectivity index (χ0v) is 14.0. The number of carbonyl (C=O) groups excluding carboxylic acids is 1. The molecule has 2 heterocycles. The van der Waals surface area contributed by atoms with Crippen molar-refractivity contribution in [3.63, 3.8) is 0 Å². The minimum Gasteiger partial charge on any atom is -0.481 e. The Morgan fingerprint density at radius 1 is 1.20 bits per heavy atom. The van der Waals surface area contributed by atoms with Crippen LogP contribution in [0.3, 0.4) is 0 Å². The Kier molecular flexibility index (Phi) is 3.95. The van der Waals surface area contributed by atoms with E-state index in [0.717, 1.165) is 48.6 Å². The van der Waals surface area contributed by atoms with E-state index in [0.29, 0.717) is 0 Å². The summed E-state index contributed by atoms with van der Waals surface area (Å²) in [6.07, 6.45) is 6.14. The topological polar surface area (TPSA) is 41.6 Å². The zero-order valence-electron chi connectivity index (χ0n) is 14.0. The highest BCUT2D eigenvalue weighted by molar-refractivity contribution is 6.06. The number of terminal acetylenes is 1. The van der Waals surface area contributed by atoms with Crippen LogP contribution in [0, 0.1) is 12.3 Å². The summed E-state index contributed by atoms with van der Waals surface area (Å²) >= 11 is 0. The molecule has 1 fully saturated rings. The van der Waals surface area contributed by atoms with Gasteiger partial charge in [-0.25, -0.2) is 0 Å². The third-order valence-corrected chi connectivity index (χ3v) is 5.15. The van der Waals surface area contributed by atoms with Gasteiger partial charge in [0, 0.05) is 24.3 Å². The molecule has 0 aromatic heterocycles. The van der Waals surface area contributed by atoms with Gasteiger partial charge in [0.2, 0.25) is 5.91 Å². The lowest BCUT2D eigenvalue weighted by atomic mass is 9.81. The van der Waals surface area contributed by atoms with Gasteiger partial charge in [0.15, 0.2) is 0 Å². The number of likely N-dealkylation sites (tertiary alicyclic amines) is 1. The van der Waals surface area contributed by atoms with Crippen molar-refractivity contribution in [3.8, 4) is 18.1 Å². The summed E-state index contributed by atoms with van der Waals surface area (Å²) in [6.45, 7) is 2.61. The van der Waals surface area contributed by atoms with E-state index >= 15 is 0 Å². The van der Waals surface area contributed by atoms with Crippen LogP contribution in [0.25, 0.3) is 0 Å². The van der Waals surface area contributed by atoms with E-state index in [1.165, 1.54) is 0 Å². The van der Waals surface area contributed by atoms with Gasteiger partial charge in [-0.3, -0.25) is 9.69 Å². The maximum absolute atomic E-state index is 12.7. The van der Waals surface area contributed by atoms with E-state index in [9.17, 15) is 4.79 Å². The van der Waals surface area contributed by atoms with Crippen molar-refractivity contribution in [2.75, 3.05) is 25.0 Å². The number of carbonyl (C=O) groups is 1. The van der Waals surface area contributed by atoms with Crippen LogP contribution in [0.15, 0.2) is 48.5 Å². The van der Waals surface area contributed by atoms with Crippen LogP contribution >= 0.6 is 0 Å². The van der Waals surface area contributed by atoms with Gasteiger partial charge in [-0.05, 0) is 30.7 Å². The van der Waals surface area contributed by atoms with Crippen LogP contribution in [0.4, 0.5) is 5.69 Å². The molecule has 4 rings (SSSR count). The largest absolute Gasteiger partial charge is 0.481 e. The first kappa shape index (κ1) is 15.7. The molecule has 1 N–H and O–H groups in total. The zero-order chi connectivity index (χ0) is 17.3. The number of ether oxygens (including phenoxy) is 1. The van der Waals surface area contributed by atoms with E-state index in [1.54, 1.807) is 0 Å². The van der Waals surface area contributed by atoms with E-state index in [2.05, 4.69) is 28.3 Å². The smallest absolute Gasteiger partial charge is 0.236 e. The fraction of sp³-hybridized carbons (Fsp3) is 0.286. The van der Waals surface area contributed by atoms with E-state index in [4.69, 9.17) is 11.2 Å². The SMILES string of the molecule is C#CCOc1ccccc1CN1CCC2(C1)C(=O)Nc1ccccc12. The molecule has 2 aliphatic heterocycles. The normalized spacial score (nSPS) is 21.8. The van der Waals surface area contributed by atoms with Crippen molar-refractivity contribution in [2.45, 2.75) is 18.4 Å². The first-order valence-electron chi connectivity index (χ1n) is 8.50. The summed E-state index contributed by atoms with van der Waals surface area (Å²) in [5.41, 5.74) is 2.75. The van der Waals surface area contributed by atoms with Crippen molar-refractivity contribution < 1.29 is 9.53 Å². The van der Waals surface area contributed by atoms with Crippen LogP contribution in [-0.2, 0) is 16.8 Å². The average molecular weight is 332 g/mol. The van der Waals surface area contributed by atoms with Crippen LogP contribution in [-0.4, -0.2) is 30.5 Å². The van der Waals surface area contributed by atoms with Crippen molar-refractivity contribution in [1.82, 2.24) is 4.90 Å². The minimum atomic E-state index is -0.425. The number of nitrogens with one attached hydrogen (secondary N) is 1. The van der Waals surface area contributed by atoms with E-state index in [-0.39, 0.29) is 12.5 Å². The predicted molar refractivity (Wildman–Crippen MR) is 97.4 cm³/mol. The van der Waals surface area contributed by atoms with Crippen molar-refractivity contribution >= 4 is 11.6 Å². The van der Waals surface area contributed by atoms with E-state index < -0.39 is 5.41 Å². The van der Waals surface area contributed by atoms with Crippen molar-refractivity contribution in [1.29, 1.82) is 0 Å². The molecular formula is C21H20N2O2. The molecule has 2 aromatic carbocycles. The lowest BCUT2D eigenvalue weighted by molar-refractivity contribution is -0.120. The Morgan fingerprint density at radius 3 is 2.88 bits per heavy atom. The Hall–Kier alpha value is -2.77. The summed E-state index contributed by atoms with van der Waals surface area (Å²) in [7, 11) is 0. The third-order valence-electron chi connectivity index (χ3n) is 5.15. The molecule has 1 unspecified atom stereocenters. The number of anilines is 1. The number of amides is 1. The second-order valence-electron chi connectivity index (χ2n) is 6.64. The number of hydrogen-bond acceptors (Lipinski definition) is 3. The predicted octanol–water partition coefficient (Wildman–Crippen LogP) is 2.79. The van der Waals surface area contributed by atoms with Crippen LogP contribution in [0.1, 0.15) is 17.5 Å². The summed E-state index contributed by atoms with van der Waals surface area (Å²) < 4.78 is 5.65. The van der Waals surface area contributed by atoms with Crippen LogP contribution in [0.2, 0.25) is 0 Å². The number of benzene rings is 2. The quantitative estimate of drug-likeness (QED) is 0.876. The molecule has 1 atom stereocenters. The standard InChI is InChI=1S/C21H20N2O2/c1-2-13-25-19-10-6-3-7-16(19)14-23-12-11-21(15-23)17-8-4-5-9-18(17)22-20(21)24/h1,3-10H,11-15H2,(H,22,24). The molecule has 2 aromatic rings. The Balaban J connectivity index is 1.55. The highest BCUT2D eigenvalue weighted by atomic mass is 16.5. The van der Waals surface area contributed by atoms with Gasteiger partial charge in [0.1, 0.15) is 12.4 Å². The Bertz CT molecular complexity index is 855. The second-order valence-corrected chi connectivity index (χ2v) is 6.64. The molecule has 4 heteroatoms. The fourth-order valence-corrected chi connectivity index (χ4v) is 3.94. The van der Waals surface area contributed by atoms with Gasteiger partial charge in [0.05, 0.1) is 5.41 Å². The van der Waals surface area contributed by atoms with Gasteiger partial charge < -0.3 is 10.1 Å². The number of hydrogen-bond donors (Lipinski definition) is 1. The number of nitrogens with zero attached hydrogens (tertiary/aromatic N) is 1. The molecule has 1 spiro atoms. The number of fused-ring (bicyclic) bond motifs is 2. The molecule has 2 aliphatic rings. The molecule has 0 aliphatic carbocycles. The van der Waals surface area contributed by atoms with Crippen molar-refractivity contribution in [3.05, 3.63) is 59.7 Å². The maximum atomic E-state index is 12.7. The summed E-state index contributed by atoms with van der Waals surface area (Å²) in [4.78, 5) is 15.0. The molecular weight excluding hydrogens is 312 g/mol. The average Bonchev–Trinajstić information content (AvgIpc) is 3.17. The third kappa shape index (κ3) is 2.67. The first-order valence-corrected chi connectivity index (χ1v) is 8.50. The summed E-state index contributed by atoms with van der Waals surface area (Å²) in [6, 6.07) is 16.0. The Labute approximate surface area is 147 Å². The van der Waals surface area contributed by atoms with Crippen LogP contribution < -0.4 is 10.1 Å². The van der Waals surface area contributed by atoms with Gasteiger partial charge in [0.25, 0.3) is 0 Å². The van der Waals surface area contributed by atoms with Gasteiger partial charge in [-0.15, -0.1) is 6.42 Å². The van der Waals surface area contributed by atoms with Crippen LogP contribution in [0.5, 0.6) is 5.75 Å². The highest BCUT2D eigenvalue weighted by Gasteiger charge is 2.50. The lowest BCUT2D eigenvalue weighted by Gasteiger charge is -2.23. The Morgan fingerprint density at radius 2 is 2.00 bits per heavy atom. The number of para-hydroxylation sites is 2. The fourth-order valence-electron chi connectivity index (χ4n) is 3.94. The highest BCUT2D eigenvalue weighted by Crippen LogP contribution is 2.44. The van der Waals surface area contributed by atoms with Gasteiger partial charge in [-0.1, -0.05) is 42.3 Å². The molecule has 0 bridgehead atoms. The molecule has 126 valence electrons. The molecule has 1 saturated heterocycles. The molecule has 1 amide bonds. The molecule has 4 nitrogen and oxygen atoms in total. The van der Waals surface area contributed by atoms with E-state index in [1.807, 2.05) is 36.4 Å². The summed E-state index contributed by atoms with van der Waals surface area (Å²) in [5, 5.41) is 3.04.